The second-order valence-electron chi connectivity index (χ2n) is 8.33. The molecule has 0 saturated carbocycles. The van der Waals surface area contributed by atoms with Crippen LogP contribution in [0.4, 0.5) is 0 Å². The zero-order chi connectivity index (χ0) is 25.0. The lowest BCUT2D eigenvalue weighted by atomic mass is 9.94. The first-order chi connectivity index (χ1) is 16.4. The molecule has 1 amide bonds. The quantitative estimate of drug-likeness (QED) is 0.301. The van der Waals surface area contributed by atoms with E-state index in [4.69, 9.17) is 14.2 Å². The molecule has 0 spiro atoms. The van der Waals surface area contributed by atoms with Crippen LogP contribution >= 0.6 is 0 Å². The van der Waals surface area contributed by atoms with E-state index in [1.165, 1.54) is 24.9 Å². The van der Waals surface area contributed by atoms with Crippen molar-refractivity contribution in [1.29, 1.82) is 0 Å². The number of rotatable bonds is 15. The number of benzene rings is 1. The molecular weight excluding hydrogens is 436 g/mol. The van der Waals surface area contributed by atoms with Crippen molar-refractivity contribution in [2.24, 2.45) is 5.92 Å². The van der Waals surface area contributed by atoms with E-state index in [0.29, 0.717) is 25.9 Å². The molecule has 1 aromatic carbocycles. The number of hydrogen-bond acceptors (Lipinski definition) is 7. The number of aromatic nitrogens is 1. The Labute approximate surface area is 201 Å². The first-order valence-electron chi connectivity index (χ1n) is 11.6. The summed E-state index contributed by atoms with van der Waals surface area (Å²) in [4.78, 5) is 28.9. The lowest BCUT2D eigenvalue weighted by Crippen LogP contribution is -2.54. The number of ether oxygens (including phenoxy) is 3. The van der Waals surface area contributed by atoms with Gasteiger partial charge in [-0.05, 0) is 31.7 Å². The Hall–Kier alpha value is -2.97. The second-order valence-corrected chi connectivity index (χ2v) is 8.33. The van der Waals surface area contributed by atoms with Crippen molar-refractivity contribution in [2.75, 3.05) is 26.9 Å². The van der Waals surface area contributed by atoms with E-state index < -0.39 is 11.4 Å². The molecule has 2 rings (SSSR count). The fraction of sp³-hybridized carbons (Fsp3) is 0.500. The van der Waals surface area contributed by atoms with Crippen molar-refractivity contribution in [2.45, 2.75) is 51.7 Å². The number of carbonyl (C=O) groups excluding carboxylic acids is 2. The molecule has 0 fully saturated rings. The summed E-state index contributed by atoms with van der Waals surface area (Å²) < 4.78 is 17.0. The molecule has 34 heavy (non-hydrogen) atoms. The Kier molecular flexibility index (Phi) is 11.0. The van der Waals surface area contributed by atoms with Crippen LogP contribution in [-0.2, 0) is 20.7 Å². The van der Waals surface area contributed by atoms with Crippen LogP contribution < -0.4 is 10.1 Å². The molecule has 2 aromatic rings. The Bertz CT molecular complexity index is 907. The van der Waals surface area contributed by atoms with E-state index in [1.807, 2.05) is 25.1 Å². The molecule has 0 aliphatic rings. The Morgan fingerprint density at radius 1 is 1.24 bits per heavy atom. The third-order valence-electron chi connectivity index (χ3n) is 5.83. The summed E-state index contributed by atoms with van der Waals surface area (Å²) in [6, 6.07) is 11.5. The molecule has 8 heteroatoms. The fourth-order valence-electron chi connectivity index (χ4n) is 3.50. The van der Waals surface area contributed by atoms with E-state index >= 15 is 0 Å². The third kappa shape index (κ3) is 7.53. The summed E-state index contributed by atoms with van der Waals surface area (Å²) >= 11 is 0. The Morgan fingerprint density at radius 2 is 1.97 bits per heavy atom. The molecular formula is C26H36N2O6. The number of aromatic hydroxyl groups is 1. The van der Waals surface area contributed by atoms with Gasteiger partial charge in [0.1, 0.15) is 11.8 Å². The average molecular weight is 473 g/mol. The maximum atomic E-state index is 12.8. The number of methoxy groups -OCH3 is 1. The summed E-state index contributed by atoms with van der Waals surface area (Å²) in [7, 11) is 1.38. The lowest BCUT2D eigenvalue weighted by molar-refractivity contribution is -0.117. The van der Waals surface area contributed by atoms with Gasteiger partial charge in [-0.25, -0.2) is 4.98 Å². The van der Waals surface area contributed by atoms with Crippen molar-refractivity contribution >= 4 is 12.2 Å². The first kappa shape index (κ1) is 27.3. The zero-order valence-electron chi connectivity index (χ0n) is 20.5. The van der Waals surface area contributed by atoms with Gasteiger partial charge in [-0.1, -0.05) is 44.2 Å². The number of carbonyl (C=O) groups is 2. The molecule has 8 nitrogen and oxygen atoms in total. The molecule has 0 radical (unpaired) electrons. The minimum absolute atomic E-state index is 0.0241. The van der Waals surface area contributed by atoms with E-state index in [-0.39, 0.29) is 35.8 Å². The van der Waals surface area contributed by atoms with Crippen LogP contribution in [0.5, 0.6) is 11.5 Å². The lowest BCUT2D eigenvalue weighted by Gasteiger charge is -2.31. The summed E-state index contributed by atoms with van der Waals surface area (Å²) in [6.45, 7) is 6.96. The van der Waals surface area contributed by atoms with Crippen LogP contribution in [0.2, 0.25) is 0 Å². The van der Waals surface area contributed by atoms with Gasteiger partial charge >= 0.3 is 0 Å². The van der Waals surface area contributed by atoms with Crippen molar-refractivity contribution in [3.05, 3.63) is 53.9 Å². The minimum atomic E-state index is -1.27. The predicted molar refractivity (Wildman–Crippen MR) is 129 cm³/mol. The van der Waals surface area contributed by atoms with Crippen LogP contribution in [-0.4, -0.2) is 60.9 Å². The Balaban J connectivity index is 2.11. The standard InChI is InChI=1S/C26H36N2O6/c1-5-14-33-16-21(15-20-10-8-7-9-11-20)19(3)34-18-26(6-2,17-29)28-25(31)23-24(30)22(32-4)12-13-27-23/h7-13,17,19,21,30H,5-6,14-16,18H2,1-4H3,(H,28,31)/t19-,21+,26-/m0/s1. The molecule has 1 aromatic heterocycles. The topological polar surface area (TPSA) is 107 Å². The number of aldehydes is 1. The number of pyridine rings is 1. The van der Waals surface area contributed by atoms with Gasteiger partial charge in [0.05, 0.1) is 26.4 Å². The molecule has 0 unspecified atom stereocenters. The van der Waals surface area contributed by atoms with Crippen LogP contribution in [0.1, 0.15) is 49.7 Å². The van der Waals surface area contributed by atoms with Crippen molar-refractivity contribution in [3.8, 4) is 11.5 Å². The number of nitrogens with one attached hydrogen (secondary N) is 1. The predicted octanol–water partition coefficient (Wildman–Crippen LogP) is 3.56. The Morgan fingerprint density at radius 3 is 2.59 bits per heavy atom. The maximum Gasteiger partial charge on any atom is 0.274 e. The van der Waals surface area contributed by atoms with Gasteiger partial charge in [-0.15, -0.1) is 0 Å². The van der Waals surface area contributed by atoms with Crippen molar-refractivity contribution in [3.63, 3.8) is 0 Å². The van der Waals surface area contributed by atoms with Crippen molar-refractivity contribution in [1.82, 2.24) is 10.3 Å². The molecule has 0 bridgehead atoms. The highest BCUT2D eigenvalue weighted by Crippen LogP contribution is 2.28. The van der Waals surface area contributed by atoms with Crippen molar-refractivity contribution < 1.29 is 28.9 Å². The molecule has 2 N–H and O–H groups in total. The molecule has 1 heterocycles. The van der Waals surface area contributed by atoms with E-state index in [0.717, 1.165) is 12.8 Å². The van der Waals surface area contributed by atoms with Gasteiger partial charge in [0.15, 0.2) is 17.2 Å². The van der Waals surface area contributed by atoms with E-state index in [1.54, 1.807) is 6.92 Å². The van der Waals surface area contributed by atoms with Crippen LogP contribution in [0, 0.1) is 5.92 Å². The van der Waals surface area contributed by atoms with Crippen LogP contribution in [0.3, 0.4) is 0 Å². The smallest absolute Gasteiger partial charge is 0.274 e. The maximum absolute atomic E-state index is 12.8. The highest BCUT2D eigenvalue weighted by molar-refractivity contribution is 5.97. The average Bonchev–Trinajstić information content (AvgIpc) is 2.86. The van der Waals surface area contributed by atoms with Gasteiger partial charge in [0.2, 0.25) is 0 Å². The number of nitrogens with zero attached hydrogens (tertiary/aromatic N) is 1. The first-order valence-corrected chi connectivity index (χ1v) is 11.6. The van der Waals surface area contributed by atoms with Crippen LogP contribution in [0.15, 0.2) is 42.6 Å². The SMILES string of the molecule is CCCOC[C@@H](Cc1ccccc1)[C@H](C)OC[C@@](C=O)(CC)NC(=O)c1nccc(OC)c1O. The minimum Gasteiger partial charge on any atom is -0.503 e. The van der Waals surface area contributed by atoms with E-state index in [9.17, 15) is 14.7 Å². The monoisotopic (exact) mass is 472 g/mol. The van der Waals surface area contributed by atoms with Gasteiger partial charge in [0.25, 0.3) is 5.91 Å². The third-order valence-corrected chi connectivity index (χ3v) is 5.83. The second kappa shape index (κ2) is 13.7. The zero-order valence-corrected chi connectivity index (χ0v) is 20.5. The van der Waals surface area contributed by atoms with Gasteiger partial charge < -0.3 is 29.4 Å². The van der Waals surface area contributed by atoms with Gasteiger partial charge in [-0.3, -0.25) is 4.79 Å². The highest BCUT2D eigenvalue weighted by Gasteiger charge is 2.34. The highest BCUT2D eigenvalue weighted by atomic mass is 16.5. The number of amides is 1. The molecule has 186 valence electrons. The summed E-state index contributed by atoms with van der Waals surface area (Å²) in [5.41, 5.74) is -0.320. The normalized spacial score (nSPS) is 14.6. The molecule has 0 saturated heterocycles. The van der Waals surface area contributed by atoms with E-state index in [2.05, 4.69) is 29.4 Å². The molecule has 3 atom stereocenters. The molecule has 0 aliphatic carbocycles. The van der Waals surface area contributed by atoms with Gasteiger partial charge in [0, 0.05) is 24.8 Å². The molecule has 0 aliphatic heterocycles. The number of hydrogen-bond donors (Lipinski definition) is 2. The summed E-state index contributed by atoms with van der Waals surface area (Å²) in [5.74, 6) is -0.888. The summed E-state index contributed by atoms with van der Waals surface area (Å²) in [6.07, 6.45) is 3.78. The summed E-state index contributed by atoms with van der Waals surface area (Å²) in [5, 5.41) is 12.9. The van der Waals surface area contributed by atoms with Gasteiger partial charge in [-0.2, -0.15) is 0 Å². The fourth-order valence-corrected chi connectivity index (χ4v) is 3.50. The largest absolute Gasteiger partial charge is 0.503 e. The van der Waals surface area contributed by atoms with Crippen LogP contribution in [0.25, 0.3) is 0 Å².